The molecule has 7 nitrogen and oxygen atoms in total. The second-order valence-corrected chi connectivity index (χ2v) is 9.56. The molecule has 172 valence electrons. The molecule has 1 heterocycles. The fourth-order valence-electron chi connectivity index (χ4n) is 3.28. The van der Waals surface area contributed by atoms with E-state index in [-0.39, 0.29) is 27.6 Å². The van der Waals surface area contributed by atoms with Crippen LogP contribution in [0.5, 0.6) is 0 Å². The molecule has 1 fully saturated rings. The molecular weight excluding hydrogens is 473 g/mol. The first-order valence-corrected chi connectivity index (χ1v) is 11.2. The van der Waals surface area contributed by atoms with Gasteiger partial charge in [0.1, 0.15) is 11.9 Å². The number of carbonyl (C=O) groups is 2. The molecule has 1 aliphatic rings. The van der Waals surface area contributed by atoms with Gasteiger partial charge in [-0.2, -0.15) is 4.31 Å². The number of hydrogen-bond donors (Lipinski definition) is 2. The van der Waals surface area contributed by atoms with E-state index in [1.54, 1.807) is 0 Å². The van der Waals surface area contributed by atoms with Crippen LogP contribution in [0.1, 0.15) is 28.8 Å². The van der Waals surface area contributed by atoms with Gasteiger partial charge in [-0.25, -0.2) is 26.4 Å². The van der Waals surface area contributed by atoms with Crippen LogP contribution in [0, 0.1) is 5.82 Å². The van der Waals surface area contributed by atoms with Crippen molar-refractivity contribution in [2.75, 3.05) is 6.54 Å². The SMILES string of the molecule is O=C(O)c1ccc(CN(C2CC(F)(F)CCNC2=O)S(=O)(=O)c2ccc(Cl)cc2)c(F)c1. The molecule has 3 rings (SSSR count). The van der Waals surface area contributed by atoms with E-state index in [2.05, 4.69) is 5.32 Å². The molecule has 1 unspecified atom stereocenters. The van der Waals surface area contributed by atoms with E-state index >= 15 is 0 Å². The van der Waals surface area contributed by atoms with Crippen molar-refractivity contribution in [3.63, 3.8) is 0 Å². The quantitative estimate of drug-likeness (QED) is 0.646. The van der Waals surface area contributed by atoms with Crippen molar-refractivity contribution in [3.8, 4) is 0 Å². The predicted molar refractivity (Wildman–Crippen MR) is 109 cm³/mol. The lowest BCUT2D eigenvalue weighted by atomic mass is 10.1. The molecule has 1 saturated heterocycles. The van der Waals surface area contributed by atoms with Crippen molar-refractivity contribution in [1.82, 2.24) is 9.62 Å². The van der Waals surface area contributed by atoms with Crippen LogP contribution in [0.4, 0.5) is 13.2 Å². The Hall–Kier alpha value is -2.63. The maximum absolute atomic E-state index is 14.6. The number of rotatable bonds is 6. The van der Waals surface area contributed by atoms with Gasteiger partial charge >= 0.3 is 5.97 Å². The molecule has 0 bridgehead atoms. The van der Waals surface area contributed by atoms with Crippen molar-refractivity contribution in [2.24, 2.45) is 0 Å². The molecule has 0 saturated carbocycles. The first-order valence-electron chi connectivity index (χ1n) is 9.35. The minimum atomic E-state index is -4.56. The van der Waals surface area contributed by atoms with Crippen LogP contribution in [-0.4, -0.2) is 48.2 Å². The molecule has 0 aliphatic carbocycles. The highest BCUT2D eigenvalue weighted by Crippen LogP contribution is 2.32. The normalized spacial score (nSPS) is 18.8. The largest absolute Gasteiger partial charge is 0.478 e. The molecule has 2 aromatic rings. The zero-order valence-electron chi connectivity index (χ0n) is 16.4. The summed E-state index contributed by atoms with van der Waals surface area (Å²) in [6, 6.07) is 5.78. The lowest BCUT2D eigenvalue weighted by Crippen LogP contribution is -2.49. The highest BCUT2D eigenvalue weighted by molar-refractivity contribution is 7.89. The lowest BCUT2D eigenvalue weighted by molar-refractivity contribution is -0.126. The fourth-order valence-corrected chi connectivity index (χ4v) is 4.97. The van der Waals surface area contributed by atoms with E-state index in [0.29, 0.717) is 10.4 Å². The molecule has 32 heavy (non-hydrogen) atoms. The summed E-state index contributed by atoms with van der Waals surface area (Å²) in [7, 11) is -4.56. The molecule has 1 aliphatic heterocycles. The summed E-state index contributed by atoms with van der Waals surface area (Å²) in [4.78, 5) is 23.3. The zero-order chi connectivity index (χ0) is 23.7. The third kappa shape index (κ3) is 5.22. The Kier molecular flexibility index (Phi) is 6.82. The Bertz CT molecular complexity index is 1140. The summed E-state index contributed by atoms with van der Waals surface area (Å²) in [5.74, 6) is -6.74. The number of carboxylic acid groups (broad SMARTS) is 1. The van der Waals surface area contributed by atoms with Gasteiger partial charge in [-0.1, -0.05) is 17.7 Å². The second-order valence-electron chi connectivity index (χ2n) is 7.23. The topological polar surface area (TPSA) is 104 Å². The van der Waals surface area contributed by atoms with Crippen molar-refractivity contribution >= 4 is 33.5 Å². The average molecular weight is 491 g/mol. The number of hydrogen-bond acceptors (Lipinski definition) is 4. The molecule has 2 N–H and O–H groups in total. The number of carbonyl (C=O) groups excluding carboxylic acids is 1. The van der Waals surface area contributed by atoms with Crippen LogP contribution < -0.4 is 5.32 Å². The smallest absolute Gasteiger partial charge is 0.335 e. The van der Waals surface area contributed by atoms with Crippen molar-refractivity contribution in [2.45, 2.75) is 36.2 Å². The number of halogens is 4. The van der Waals surface area contributed by atoms with Gasteiger partial charge in [-0.15, -0.1) is 0 Å². The van der Waals surface area contributed by atoms with Crippen LogP contribution in [0.3, 0.4) is 0 Å². The van der Waals surface area contributed by atoms with Gasteiger partial charge < -0.3 is 10.4 Å². The molecule has 0 radical (unpaired) electrons. The maximum atomic E-state index is 14.6. The molecule has 0 spiro atoms. The Balaban J connectivity index is 2.09. The van der Waals surface area contributed by atoms with Crippen LogP contribution in [0.25, 0.3) is 0 Å². The highest BCUT2D eigenvalue weighted by Gasteiger charge is 2.45. The number of amides is 1. The average Bonchev–Trinajstić information content (AvgIpc) is 2.84. The van der Waals surface area contributed by atoms with Crippen molar-refractivity contribution in [1.29, 1.82) is 0 Å². The lowest BCUT2D eigenvalue weighted by Gasteiger charge is -2.30. The summed E-state index contributed by atoms with van der Waals surface area (Å²) in [6.45, 7) is -1.12. The van der Waals surface area contributed by atoms with Crippen LogP contribution in [0.2, 0.25) is 5.02 Å². The number of nitrogens with one attached hydrogen (secondary N) is 1. The number of carboxylic acids is 1. The Labute approximate surface area is 186 Å². The number of nitrogens with zero attached hydrogens (tertiary/aromatic N) is 1. The minimum absolute atomic E-state index is 0.226. The van der Waals surface area contributed by atoms with Gasteiger partial charge in [0.2, 0.25) is 15.9 Å². The van der Waals surface area contributed by atoms with Crippen molar-refractivity contribution in [3.05, 3.63) is 64.4 Å². The molecule has 2 aromatic carbocycles. The summed E-state index contributed by atoms with van der Waals surface area (Å²) >= 11 is 5.79. The Morgan fingerprint density at radius 3 is 2.47 bits per heavy atom. The fraction of sp³-hybridized carbons (Fsp3) is 0.300. The van der Waals surface area contributed by atoms with Gasteiger partial charge in [0.15, 0.2) is 0 Å². The van der Waals surface area contributed by atoms with Crippen molar-refractivity contribution < 1.29 is 36.3 Å². The standard InChI is InChI=1S/C20H18ClF3N2O5S/c21-14-3-5-15(6-4-14)32(30,31)26(17-10-20(23,24)7-8-25-18(17)27)11-13-2-1-12(19(28)29)9-16(13)22/h1-6,9,17H,7-8,10-11H2,(H,25,27)(H,28,29). The zero-order valence-corrected chi connectivity index (χ0v) is 18.0. The number of aromatic carboxylic acids is 1. The second kappa shape index (κ2) is 9.08. The molecule has 1 amide bonds. The summed E-state index contributed by atoms with van der Waals surface area (Å²) in [5.41, 5.74) is -0.662. The molecule has 0 aromatic heterocycles. The summed E-state index contributed by atoms with van der Waals surface area (Å²) < 4.78 is 70.3. The predicted octanol–water partition coefficient (Wildman–Crippen LogP) is 3.28. The van der Waals surface area contributed by atoms with Crippen LogP contribution in [-0.2, 0) is 21.4 Å². The summed E-state index contributed by atoms with van der Waals surface area (Å²) in [6.07, 6.45) is -1.77. The van der Waals surface area contributed by atoms with Gasteiger partial charge in [-0.05, 0) is 36.4 Å². The first kappa shape index (κ1) is 24.0. The minimum Gasteiger partial charge on any atom is -0.478 e. The number of sulfonamides is 1. The van der Waals surface area contributed by atoms with Crippen LogP contribution in [0.15, 0.2) is 47.4 Å². The number of alkyl halides is 2. The van der Waals surface area contributed by atoms with Gasteiger partial charge in [0, 0.05) is 36.5 Å². The van der Waals surface area contributed by atoms with E-state index in [4.69, 9.17) is 16.7 Å². The highest BCUT2D eigenvalue weighted by atomic mass is 35.5. The van der Waals surface area contributed by atoms with E-state index in [0.717, 1.165) is 24.3 Å². The first-order chi connectivity index (χ1) is 14.9. The summed E-state index contributed by atoms with van der Waals surface area (Å²) in [5, 5.41) is 11.5. The molecular formula is C20H18ClF3N2O5S. The van der Waals surface area contributed by atoms with Gasteiger partial charge in [0.05, 0.1) is 10.5 Å². The van der Waals surface area contributed by atoms with Gasteiger partial charge in [0.25, 0.3) is 5.92 Å². The van der Waals surface area contributed by atoms with E-state index in [1.807, 2.05) is 0 Å². The third-order valence-corrected chi connectivity index (χ3v) is 7.10. The number of benzene rings is 2. The molecule has 1 atom stereocenters. The van der Waals surface area contributed by atoms with Crippen LogP contribution >= 0.6 is 11.6 Å². The maximum Gasteiger partial charge on any atom is 0.335 e. The molecule has 12 heteroatoms. The Morgan fingerprint density at radius 2 is 1.88 bits per heavy atom. The van der Waals surface area contributed by atoms with E-state index < -0.39 is 59.1 Å². The third-order valence-electron chi connectivity index (χ3n) is 4.98. The van der Waals surface area contributed by atoms with E-state index in [1.165, 1.54) is 12.1 Å². The van der Waals surface area contributed by atoms with E-state index in [9.17, 15) is 31.2 Å². The monoisotopic (exact) mass is 490 g/mol. The Morgan fingerprint density at radius 1 is 1.22 bits per heavy atom. The van der Waals surface area contributed by atoms with Gasteiger partial charge in [-0.3, -0.25) is 4.79 Å².